The molecule has 262 valence electrons. The van der Waals surface area contributed by atoms with E-state index in [0.717, 1.165) is 45.0 Å². The van der Waals surface area contributed by atoms with Crippen LogP contribution in [0.15, 0.2) is 206 Å². The zero-order chi connectivity index (χ0) is 37.0. The van der Waals surface area contributed by atoms with Crippen molar-refractivity contribution in [2.75, 3.05) is 0 Å². The molecular weight excluding hydrogens is 681 g/mol. The Morgan fingerprint density at radius 2 is 0.786 bits per heavy atom. The molecule has 4 heteroatoms. The quantitative estimate of drug-likeness (QED) is 0.172. The van der Waals surface area contributed by atoms with Crippen LogP contribution in [-0.2, 0) is 0 Å². The van der Waals surface area contributed by atoms with Gasteiger partial charge in [0.15, 0.2) is 5.82 Å². The molecule has 0 bridgehead atoms. The molecule has 4 nitrogen and oxygen atoms in total. The summed E-state index contributed by atoms with van der Waals surface area (Å²) >= 11 is 0. The number of hydrogen-bond acceptors (Lipinski definition) is 2. The summed E-state index contributed by atoms with van der Waals surface area (Å²) in [5.41, 5.74) is 14.2. The lowest BCUT2D eigenvalue weighted by molar-refractivity contribution is 1.17. The first-order chi connectivity index (χ1) is 27.8. The molecule has 3 heterocycles. The molecule has 3 aromatic heterocycles. The Hall–Kier alpha value is -7.56. The standard InChI is InChI=1S/C52H34N4/c1-5-17-35(18-6-1)43-33-48-50(42-26-14-15-27-46(42)55(48)39-23-11-4-12-24-39)51-49(43)41-25-13-16-28-47(41)56(51)40-31-29-37(30-32-40)45-34-44(36-19-7-2-8-20-36)53-52(54-45)38-21-9-3-10-22-38/h1-34H. The zero-order valence-electron chi connectivity index (χ0n) is 30.4. The number of fused-ring (bicyclic) bond motifs is 7. The van der Waals surface area contributed by atoms with E-state index < -0.39 is 0 Å². The molecule has 11 rings (SSSR count). The van der Waals surface area contributed by atoms with Crippen LogP contribution in [0.2, 0.25) is 0 Å². The lowest BCUT2D eigenvalue weighted by Crippen LogP contribution is -1.97. The first-order valence-electron chi connectivity index (χ1n) is 19.0. The van der Waals surface area contributed by atoms with Crippen molar-refractivity contribution in [3.63, 3.8) is 0 Å². The SMILES string of the molecule is c1ccc(-c2cc(-c3ccc(-n4c5ccccc5c5c(-c6ccccc6)cc6c(c7ccccc7n6-c6ccccc6)c54)cc3)nc(-c3ccccc3)n2)cc1. The first kappa shape index (κ1) is 31.9. The Morgan fingerprint density at radius 1 is 0.321 bits per heavy atom. The van der Waals surface area contributed by atoms with Gasteiger partial charge in [0.05, 0.1) is 33.5 Å². The van der Waals surface area contributed by atoms with Crippen LogP contribution in [-0.4, -0.2) is 19.1 Å². The summed E-state index contributed by atoms with van der Waals surface area (Å²) in [7, 11) is 0. The third kappa shape index (κ3) is 5.15. The van der Waals surface area contributed by atoms with E-state index in [2.05, 4.69) is 191 Å². The minimum atomic E-state index is 0.707. The van der Waals surface area contributed by atoms with Gasteiger partial charge in [-0.05, 0) is 59.7 Å². The van der Waals surface area contributed by atoms with Crippen molar-refractivity contribution in [1.82, 2.24) is 19.1 Å². The number of nitrogens with zero attached hydrogens (tertiary/aromatic N) is 4. The number of hydrogen-bond donors (Lipinski definition) is 0. The third-order valence-electron chi connectivity index (χ3n) is 10.9. The molecule has 0 atom stereocenters. The lowest BCUT2D eigenvalue weighted by Gasteiger charge is -2.14. The molecule has 0 spiro atoms. The van der Waals surface area contributed by atoms with Crippen molar-refractivity contribution in [1.29, 1.82) is 0 Å². The molecule has 0 radical (unpaired) electrons. The Labute approximate surface area is 324 Å². The van der Waals surface area contributed by atoms with Crippen molar-refractivity contribution >= 4 is 43.6 Å². The van der Waals surface area contributed by atoms with Crippen LogP contribution in [0.5, 0.6) is 0 Å². The molecule has 0 N–H and O–H groups in total. The highest BCUT2D eigenvalue weighted by molar-refractivity contribution is 6.29. The van der Waals surface area contributed by atoms with Crippen molar-refractivity contribution in [3.8, 4) is 56.4 Å². The Morgan fingerprint density at radius 3 is 1.41 bits per heavy atom. The maximum absolute atomic E-state index is 5.12. The average molecular weight is 715 g/mol. The molecule has 0 saturated carbocycles. The molecule has 0 amide bonds. The van der Waals surface area contributed by atoms with Gasteiger partial charge in [0.2, 0.25) is 0 Å². The molecule has 0 saturated heterocycles. The first-order valence-corrected chi connectivity index (χ1v) is 19.0. The second-order valence-corrected chi connectivity index (χ2v) is 14.2. The highest BCUT2D eigenvalue weighted by atomic mass is 15.0. The highest BCUT2D eigenvalue weighted by Gasteiger charge is 2.24. The summed E-state index contributed by atoms with van der Waals surface area (Å²) in [5, 5.41) is 4.92. The van der Waals surface area contributed by atoms with Gasteiger partial charge in [0.25, 0.3) is 0 Å². The van der Waals surface area contributed by atoms with E-state index in [-0.39, 0.29) is 0 Å². The molecular formula is C52H34N4. The van der Waals surface area contributed by atoms with Gasteiger partial charge in [-0.2, -0.15) is 0 Å². The second-order valence-electron chi connectivity index (χ2n) is 14.2. The summed E-state index contributed by atoms with van der Waals surface area (Å²) in [6, 6.07) is 73.2. The Balaban J connectivity index is 1.19. The van der Waals surface area contributed by atoms with Crippen LogP contribution < -0.4 is 0 Å². The smallest absolute Gasteiger partial charge is 0.160 e. The van der Waals surface area contributed by atoms with Gasteiger partial charge < -0.3 is 9.13 Å². The maximum atomic E-state index is 5.12. The molecule has 0 aliphatic rings. The van der Waals surface area contributed by atoms with Gasteiger partial charge in [0.1, 0.15) is 0 Å². The van der Waals surface area contributed by atoms with Gasteiger partial charge in [-0.1, -0.05) is 158 Å². The number of rotatable bonds is 6. The van der Waals surface area contributed by atoms with Crippen molar-refractivity contribution < 1.29 is 0 Å². The zero-order valence-corrected chi connectivity index (χ0v) is 30.4. The fourth-order valence-electron chi connectivity index (χ4n) is 8.42. The summed E-state index contributed by atoms with van der Waals surface area (Å²) in [4.78, 5) is 10.1. The van der Waals surface area contributed by atoms with E-state index in [1.165, 1.54) is 49.2 Å². The fourth-order valence-corrected chi connectivity index (χ4v) is 8.42. The van der Waals surface area contributed by atoms with Crippen LogP contribution in [0.25, 0.3) is 100 Å². The van der Waals surface area contributed by atoms with Crippen LogP contribution in [0.3, 0.4) is 0 Å². The molecule has 0 unspecified atom stereocenters. The number of benzene rings is 8. The van der Waals surface area contributed by atoms with Crippen molar-refractivity contribution in [2.24, 2.45) is 0 Å². The number of aromatic nitrogens is 4. The van der Waals surface area contributed by atoms with E-state index in [0.29, 0.717) is 5.82 Å². The van der Waals surface area contributed by atoms with Gasteiger partial charge in [-0.25, -0.2) is 9.97 Å². The predicted molar refractivity (Wildman–Crippen MR) is 232 cm³/mol. The molecule has 56 heavy (non-hydrogen) atoms. The van der Waals surface area contributed by atoms with E-state index in [1.54, 1.807) is 0 Å². The van der Waals surface area contributed by atoms with Gasteiger partial charge in [0, 0.05) is 49.6 Å². The van der Waals surface area contributed by atoms with Crippen LogP contribution in [0.4, 0.5) is 0 Å². The summed E-state index contributed by atoms with van der Waals surface area (Å²) < 4.78 is 4.89. The van der Waals surface area contributed by atoms with Crippen LogP contribution in [0.1, 0.15) is 0 Å². The minimum Gasteiger partial charge on any atom is -0.309 e. The Bertz CT molecular complexity index is 3140. The summed E-state index contributed by atoms with van der Waals surface area (Å²) in [5.74, 6) is 0.707. The monoisotopic (exact) mass is 714 g/mol. The summed E-state index contributed by atoms with van der Waals surface area (Å²) in [6.45, 7) is 0. The predicted octanol–water partition coefficient (Wildman–Crippen LogP) is 13.3. The maximum Gasteiger partial charge on any atom is 0.160 e. The topological polar surface area (TPSA) is 35.6 Å². The third-order valence-corrected chi connectivity index (χ3v) is 10.9. The fraction of sp³-hybridized carbons (Fsp3) is 0. The molecule has 0 aliphatic heterocycles. The second kappa shape index (κ2) is 13.1. The van der Waals surface area contributed by atoms with Gasteiger partial charge >= 0.3 is 0 Å². The van der Waals surface area contributed by atoms with Crippen LogP contribution >= 0.6 is 0 Å². The van der Waals surface area contributed by atoms with E-state index in [4.69, 9.17) is 9.97 Å². The minimum absolute atomic E-state index is 0.707. The summed E-state index contributed by atoms with van der Waals surface area (Å²) in [6.07, 6.45) is 0. The normalized spacial score (nSPS) is 11.6. The van der Waals surface area contributed by atoms with Crippen molar-refractivity contribution in [2.45, 2.75) is 0 Å². The largest absolute Gasteiger partial charge is 0.309 e. The molecule has 11 aromatic rings. The van der Waals surface area contributed by atoms with E-state index in [9.17, 15) is 0 Å². The molecule has 0 aliphatic carbocycles. The van der Waals surface area contributed by atoms with E-state index in [1.807, 2.05) is 24.3 Å². The molecule has 8 aromatic carbocycles. The molecule has 0 fully saturated rings. The van der Waals surface area contributed by atoms with E-state index >= 15 is 0 Å². The average Bonchev–Trinajstić information content (AvgIpc) is 3.80. The Kier molecular flexibility index (Phi) is 7.46. The van der Waals surface area contributed by atoms with Crippen molar-refractivity contribution in [3.05, 3.63) is 206 Å². The van der Waals surface area contributed by atoms with Crippen LogP contribution in [0, 0.1) is 0 Å². The van der Waals surface area contributed by atoms with Gasteiger partial charge in [-0.15, -0.1) is 0 Å². The van der Waals surface area contributed by atoms with Gasteiger partial charge in [-0.3, -0.25) is 0 Å². The number of para-hydroxylation sites is 3. The lowest BCUT2D eigenvalue weighted by atomic mass is 9.96. The highest BCUT2D eigenvalue weighted by Crippen LogP contribution is 2.46.